The number of carbonyl (C=O) groups is 1. The van der Waals surface area contributed by atoms with Gasteiger partial charge in [0.05, 0.1) is 6.61 Å². The molecule has 3 aromatic rings. The molecular formula is C23H19BrN2O3S. The Bertz CT molecular complexity index is 1090. The average molecular weight is 483 g/mol. The van der Waals surface area contributed by atoms with Crippen LogP contribution in [-0.2, 0) is 9.53 Å². The van der Waals surface area contributed by atoms with E-state index >= 15 is 0 Å². The van der Waals surface area contributed by atoms with Crippen LogP contribution in [0.15, 0.2) is 69.1 Å². The topological polar surface area (TPSA) is 61.3 Å². The summed E-state index contributed by atoms with van der Waals surface area (Å²) in [5.74, 6) is 6.35. The molecule has 152 valence electrons. The van der Waals surface area contributed by atoms with E-state index in [0.29, 0.717) is 28.3 Å². The van der Waals surface area contributed by atoms with Gasteiger partial charge in [0.25, 0.3) is 0 Å². The minimum Gasteiger partial charge on any atom is -0.482 e. The van der Waals surface area contributed by atoms with Gasteiger partial charge in [0.1, 0.15) is 21.7 Å². The van der Waals surface area contributed by atoms with E-state index in [4.69, 9.17) is 9.47 Å². The van der Waals surface area contributed by atoms with Gasteiger partial charge in [-0.3, -0.25) is 0 Å². The Morgan fingerprint density at radius 1 is 1.10 bits per heavy atom. The van der Waals surface area contributed by atoms with Crippen molar-refractivity contribution < 1.29 is 14.3 Å². The number of benzene rings is 1. The molecule has 0 unspecified atom stereocenters. The van der Waals surface area contributed by atoms with E-state index in [1.165, 1.54) is 0 Å². The van der Waals surface area contributed by atoms with Crippen molar-refractivity contribution in [1.29, 1.82) is 0 Å². The second-order valence-corrected chi connectivity index (χ2v) is 8.06. The molecule has 0 N–H and O–H groups in total. The van der Waals surface area contributed by atoms with Crippen LogP contribution in [0.5, 0.6) is 5.75 Å². The van der Waals surface area contributed by atoms with Crippen molar-refractivity contribution in [1.82, 2.24) is 9.97 Å². The van der Waals surface area contributed by atoms with Gasteiger partial charge in [-0.05, 0) is 89.6 Å². The minimum atomic E-state index is -0.378. The summed E-state index contributed by atoms with van der Waals surface area (Å²) in [6.45, 7) is 3.95. The molecule has 30 heavy (non-hydrogen) atoms. The molecular weight excluding hydrogens is 464 g/mol. The van der Waals surface area contributed by atoms with Crippen LogP contribution in [0, 0.1) is 18.8 Å². The van der Waals surface area contributed by atoms with Gasteiger partial charge in [0.2, 0.25) is 0 Å². The molecule has 2 heterocycles. The van der Waals surface area contributed by atoms with E-state index in [0.717, 1.165) is 15.4 Å². The quantitative estimate of drug-likeness (QED) is 0.278. The number of nitrogens with zero attached hydrogens (tertiary/aromatic N) is 2. The van der Waals surface area contributed by atoms with Gasteiger partial charge in [-0.1, -0.05) is 17.8 Å². The molecule has 0 saturated carbocycles. The highest BCUT2D eigenvalue weighted by atomic mass is 79.9. The Labute approximate surface area is 188 Å². The lowest BCUT2D eigenvalue weighted by Gasteiger charge is -2.10. The monoisotopic (exact) mass is 482 g/mol. The van der Waals surface area contributed by atoms with E-state index in [2.05, 4.69) is 37.7 Å². The Morgan fingerprint density at radius 2 is 1.93 bits per heavy atom. The third-order valence-corrected chi connectivity index (χ3v) is 5.15. The standard InChI is InChI=1S/C23H19BrN2O3S/c1-3-28-23(27)15-29-21-10-9-19(12-16(21)2)30-20-13-18(26-22(24)14-20)8-7-17-6-4-5-11-25-17/h4-6,9-14H,3,15H2,1-2H3. The van der Waals surface area contributed by atoms with Gasteiger partial charge in [-0.25, -0.2) is 14.8 Å². The molecule has 0 bridgehead atoms. The van der Waals surface area contributed by atoms with Crippen LogP contribution in [-0.4, -0.2) is 29.2 Å². The van der Waals surface area contributed by atoms with Crippen molar-refractivity contribution >= 4 is 33.7 Å². The third-order valence-electron chi connectivity index (χ3n) is 3.78. The molecule has 5 nitrogen and oxygen atoms in total. The molecule has 0 saturated heterocycles. The van der Waals surface area contributed by atoms with Crippen molar-refractivity contribution in [2.24, 2.45) is 0 Å². The highest BCUT2D eigenvalue weighted by Crippen LogP contribution is 2.32. The van der Waals surface area contributed by atoms with Gasteiger partial charge < -0.3 is 9.47 Å². The summed E-state index contributed by atoms with van der Waals surface area (Å²) >= 11 is 5.05. The molecule has 0 radical (unpaired) electrons. The Kier molecular flexibility index (Phi) is 7.89. The zero-order chi connectivity index (χ0) is 21.3. The van der Waals surface area contributed by atoms with Crippen LogP contribution >= 0.6 is 27.7 Å². The molecule has 0 aliphatic carbocycles. The van der Waals surface area contributed by atoms with Crippen molar-refractivity contribution in [3.05, 3.63) is 76.3 Å². The largest absolute Gasteiger partial charge is 0.482 e. The van der Waals surface area contributed by atoms with Crippen LogP contribution in [0.25, 0.3) is 0 Å². The van der Waals surface area contributed by atoms with Crippen molar-refractivity contribution in [3.63, 3.8) is 0 Å². The summed E-state index contributed by atoms with van der Waals surface area (Å²) in [4.78, 5) is 22.1. The van der Waals surface area contributed by atoms with Crippen molar-refractivity contribution in [3.8, 4) is 17.6 Å². The fraction of sp³-hybridized carbons (Fsp3) is 0.174. The molecule has 0 spiro atoms. The number of aromatic nitrogens is 2. The number of hydrogen-bond acceptors (Lipinski definition) is 6. The smallest absolute Gasteiger partial charge is 0.344 e. The van der Waals surface area contributed by atoms with Crippen LogP contribution in [0.1, 0.15) is 23.9 Å². The van der Waals surface area contributed by atoms with Crippen LogP contribution in [0.3, 0.4) is 0 Å². The molecule has 3 rings (SSSR count). The molecule has 7 heteroatoms. The summed E-state index contributed by atoms with van der Waals surface area (Å²) in [5, 5.41) is 0. The maximum absolute atomic E-state index is 11.5. The summed E-state index contributed by atoms with van der Waals surface area (Å²) in [7, 11) is 0. The summed E-state index contributed by atoms with van der Waals surface area (Å²) in [6, 6.07) is 15.3. The predicted molar refractivity (Wildman–Crippen MR) is 120 cm³/mol. The van der Waals surface area contributed by atoms with Gasteiger partial charge in [0, 0.05) is 16.0 Å². The zero-order valence-corrected chi connectivity index (χ0v) is 18.9. The average Bonchev–Trinajstić information content (AvgIpc) is 2.72. The van der Waals surface area contributed by atoms with E-state index in [-0.39, 0.29) is 12.6 Å². The molecule has 0 amide bonds. The van der Waals surface area contributed by atoms with Crippen LogP contribution in [0.2, 0.25) is 0 Å². The highest BCUT2D eigenvalue weighted by molar-refractivity contribution is 9.10. The number of pyridine rings is 2. The zero-order valence-electron chi connectivity index (χ0n) is 16.5. The van der Waals surface area contributed by atoms with Crippen molar-refractivity contribution in [2.75, 3.05) is 13.2 Å². The molecule has 0 aliphatic rings. The molecule has 0 aliphatic heterocycles. The van der Waals surface area contributed by atoms with E-state index < -0.39 is 0 Å². The molecule has 0 atom stereocenters. The highest BCUT2D eigenvalue weighted by Gasteiger charge is 2.08. The van der Waals surface area contributed by atoms with Crippen LogP contribution < -0.4 is 4.74 Å². The predicted octanol–water partition coefficient (Wildman–Crippen LogP) is 5.04. The summed E-state index contributed by atoms with van der Waals surface area (Å²) in [6.07, 6.45) is 1.71. The van der Waals surface area contributed by atoms with Crippen LogP contribution in [0.4, 0.5) is 0 Å². The molecule has 1 aromatic carbocycles. The third kappa shape index (κ3) is 6.61. The lowest BCUT2D eigenvalue weighted by atomic mass is 10.2. The molecule has 0 fully saturated rings. The summed E-state index contributed by atoms with van der Waals surface area (Å²) in [5.41, 5.74) is 2.29. The number of aryl methyl sites for hydroxylation is 1. The van der Waals surface area contributed by atoms with E-state index in [1.807, 2.05) is 55.5 Å². The maximum atomic E-state index is 11.5. The van der Waals surface area contributed by atoms with E-state index in [9.17, 15) is 4.79 Å². The number of hydrogen-bond donors (Lipinski definition) is 0. The number of halogens is 1. The Hall–Kier alpha value is -2.82. The van der Waals surface area contributed by atoms with Gasteiger partial charge in [0.15, 0.2) is 6.61 Å². The maximum Gasteiger partial charge on any atom is 0.344 e. The van der Waals surface area contributed by atoms with E-state index in [1.54, 1.807) is 24.9 Å². The fourth-order valence-corrected chi connectivity index (χ4v) is 4.06. The first kappa shape index (κ1) is 21.9. The van der Waals surface area contributed by atoms with Crippen molar-refractivity contribution in [2.45, 2.75) is 23.6 Å². The number of rotatable bonds is 6. The minimum absolute atomic E-state index is 0.100. The normalized spacial score (nSPS) is 10.1. The van der Waals surface area contributed by atoms with Gasteiger partial charge in [-0.15, -0.1) is 0 Å². The Morgan fingerprint density at radius 3 is 2.67 bits per heavy atom. The first-order chi connectivity index (χ1) is 14.5. The fourth-order valence-electron chi connectivity index (χ4n) is 2.48. The molecule has 2 aromatic heterocycles. The second-order valence-electron chi connectivity index (χ2n) is 6.10. The SMILES string of the molecule is CCOC(=O)COc1ccc(Sc2cc(Br)nc(C#Cc3ccccn3)c2)cc1C. The number of carbonyl (C=O) groups excluding carboxylic acids is 1. The van der Waals surface area contributed by atoms with Gasteiger partial charge >= 0.3 is 5.97 Å². The first-order valence-electron chi connectivity index (χ1n) is 9.21. The summed E-state index contributed by atoms with van der Waals surface area (Å²) < 4.78 is 11.1. The van der Waals surface area contributed by atoms with Gasteiger partial charge in [-0.2, -0.15) is 0 Å². The lowest BCUT2D eigenvalue weighted by Crippen LogP contribution is -2.14. The lowest BCUT2D eigenvalue weighted by molar-refractivity contribution is -0.145. The Balaban J connectivity index is 1.72. The first-order valence-corrected chi connectivity index (χ1v) is 10.8. The second kappa shape index (κ2) is 10.8. The number of esters is 1. The number of ether oxygens (including phenoxy) is 2.